The molecule has 1 aliphatic rings. The quantitative estimate of drug-likeness (QED) is 0.747. The molecule has 0 aliphatic carbocycles. The molecule has 1 amide bonds. The fourth-order valence-electron chi connectivity index (χ4n) is 3.97. The number of aliphatic hydroxyl groups excluding tert-OH is 1. The average molecular weight is 449 g/mol. The number of benzene rings is 2. The standard InChI is InChI=1S/C24H30F2N2O4/c1-16-13-28(24(31,15-29)14-27(16)22(30)32-23(2,3)4)21(17-5-9-19(25)10-6-17)18-7-11-20(26)12-8-18/h5-12,16,21,29,31H,13-15H2,1-4H3/t16-,24?/m0/s1. The number of ether oxygens (including phenoxy) is 1. The Bertz CT molecular complexity index is 885. The highest BCUT2D eigenvalue weighted by atomic mass is 19.1. The van der Waals surface area contributed by atoms with Crippen molar-refractivity contribution >= 4 is 6.09 Å². The third-order valence-corrected chi connectivity index (χ3v) is 5.52. The van der Waals surface area contributed by atoms with E-state index in [1.54, 1.807) is 49.9 Å². The molecule has 3 rings (SSSR count). The van der Waals surface area contributed by atoms with Crippen LogP contribution in [0.2, 0.25) is 0 Å². The molecule has 0 radical (unpaired) electrons. The Balaban J connectivity index is 2.01. The summed E-state index contributed by atoms with van der Waals surface area (Å²) in [5.41, 5.74) is -1.21. The van der Waals surface area contributed by atoms with Gasteiger partial charge in [-0.2, -0.15) is 0 Å². The lowest BCUT2D eigenvalue weighted by Crippen LogP contribution is -2.68. The van der Waals surface area contributed by atoms with Crippen LogP contribution in [0.3, 0.4) is 0 Å². The van der Waals surface area contributed by atoms with Crippen LogP contribution in [0, 0.1) is 11.6 Å². The van der Waals surface area contributed by atoms with E-state index in [9.17, 15) is 23.8 Å². The van der Waals surface area contributed by atoms with Crippen molar-refractivity contribution in [2.45, 2.75) is 51.1 Å². The van der Waals surface area contributed by atoms with Gasteiger partial charge in [-0.15, -0.1) is 0 Å². The molecular formula is C24H30F2N2O4. The Morgan fingerprint density at radius 1 is 1.09 bits per heavy atom. The number of nitrogens with zero attached hydrogens (tertiary/aromatic N) is 2. The van der Waals surface area contributed by atoms with E-state index in [-0.39, 0.29) is 19.1 Å². The second kappa shape index (κ2) is 9.13. The predicted octanol–water partition coefficient (Wildman–Crippen LogP) is 3.68. The van der Waals surface area contributed by atoms with Gasteiger partial charge in [0, 0.05) is 12.6 Å². The molecule has 1 heterocycles. The molecule has 1 fully saturated rings. The van der Waals surface area contributed by atoms with Gasteiger partial charge in [-0.05, 0) is 63.1 Å². The lowest BCUT2D eigenvalue weighted by atomic mass is 9.92. The minimum atomic E-state index is -1.81. The maximum Gasteiger partial charge on any atom is 0.410 e. The summed E-state index contributed by atoms with van der Waals surface area (Å²) >= 11 is 0. The third-order valence-electron chi connectivity index (χ3n) is 5.52. The fourth-order valence-corrected chi connectivity index (χ4v) is 3.97. The molecule has 174 valence electrons. The molecule has 1 aliphatic heterocycles. The number of piperazine rings is 1. The van der Waals surface area contributed by atoms with Crippen molar-refractivity contribution in [3.63, 3.8) is 0 Å². The highest BCUT2D eigenvalue weighted by Gasteiger charge is 2.48. The lowest BCUT2D eigenvalue weighted by molar-refractivity contribution is -0.193. The van der Waals surface area contributed by atoms with E-state index in [1.165, 1.54) is 29.2 Å². The van der Waals surface area contributed by atoms with Crippen molar-refractivity contribution < 1.29 is 28.5 Å². The van der Waals surface area contributed by atoms with Gasteiger partial charge in [0.25, 0.3) is 0 Å². The van der Waals surface area contributed by atoms with E-state index in [4.69, 9.17) is 4.74 Å². The summed E-state index contributed by atoms with van der Waals surface area (Å²) in [5, 5.41) is 21.6. The van der Waals surface area contributed by atoms with Gasteiger partial charge in [0.1, 0.15) is 17.2 Å². The highest BCUT2D eigenvalue weighted by Crippen LogP contribution is 2.37. The van der Waals surface area contributed by atoms with E-state index >= 15 is 0 Å². The smallest absolute Gasteiger partial charge is 0.410 e. The number of carbonyl (C=O) groups is 1. The largest absolute Gasteiger partial charge is 0.444 e. The SMILES string of the molecule is C[C@H]1CN(C(c2ccc(F)cc2)c2ccc(F)cc2)C(O)(CO)CN1C(=O)OC(C)(C)C. The maximum absolute atomic E-state index is 13.6. The summed E-state index contributed by atoms with van der Waals surface area (Å²) in [7, 11) is 0. The van der Waals surface area contributed by atoms with Crippen molar-refractivity contribution in [3.05, 3.63) is 71.3 Å². The van der Waals surface area contributed by atoms with Gasteiger partial charge in [-0.1, -0.05) is 24.3 Å². The highest BCUT2D eigenvalue weighted by molar-refractivity contribution is 5.69. The Labute approximate surface area is 187 Å². The van der Waals surface area contributed by atoms with Gasteiger partial charge in [0.05, 0.1) is 19.2 Å². The van der Waals surface area contributed by atoms with Gasteiger partial charge < -0.3 is 14.9 Å². The molecule has 8 heteroatoms. The van der Waals surface area contributed by atoms with Crippen molar-refractivity contribution in [2.24, 2.45) is 0 Å². The van der Waals surface area contributed by atoms with Gasteiger partial charge in [-0.25, -0.2) is 13.6 Å². The number of hydrogen-bond donors (Lipinski definition) is 2. The van der Waals surface area contributed by atoms with Gasteiger partial charge >= 0.3 is 6.09 Å². The van der Waals surface area contributed by atoms with Crippen LogP contribution >= 0.6 is 0 Å². The molecule has 2 atom stereocenters. The molecule has 0 aromatic heterocycles. The molecule has 1 saturated heterocycles. The summed E-state index contributed by atoms with van der Waals surface area (Å²) in [6.45, 7) is 6.42. The molecule has 32 heavy (non-hydrogen) atoms. The summed E-state index contributed by atoms with van der Waals surface area (Å²) in [6.07, 6.45) is -0.586. The van der Waals surface area contributed by atoms with Crippen LogP contribution in [-0.4, -0.2) is 63.2 Å². The number of hydrogen-bond acceptors (Lipinski definition) is 5. The van der Waals surface area contributed by atoms with Gasteiger partial charge in [0.2, 0.25) is 0 Å². The monoisotopic (exact) mass is 448 g/mol. The van der Waals surface area contributed by atoms with Crippen molar-refractivity contribution in [2.75, 3.05) is 19.7 Å². The topological polar surface area (TPSA) is 73.2 Å². The molecule has 0 spiro atoms. The third kappa shape index (κ3) is 5.26. The zero-order valence-corrected chi connectivity index (χ0v) is 18.8. The van der Waals surface area contributed by atoms with E-state index in [0.29, 0.717) is 11.1 Å². The van der Waals surface area contributed by atoms with E-state index < -0.39 is 41.7 Å². The van der Waals surface area contributed by atoms with Crippen LogP contribution in [0.5, 0.6) is 0 Å². The number of halogens is 2. The second-order valence-corrected chi connectivity index (χ2v) is 9.26. The van der Waals surface area contributed by atoms with E-state index in [0.717, 1.165) is 0 Å². The Hall–Kier alpha value is -2.55. The zero-order valence-electron chi connectivity index (χ0n) is 18.8. The molecule has 2 aromatic carbocycles. The summed E-state index contributed by atoms with van der Waals surface area (Å²) in [4.78, 5) is 15.8. The number of amides is 1. The Kier molecular flexibility index (Phi) is 6.88. The summed E-state index contributed by atoms with van der Waals surface area (Å²) in [6, 6.07) is 10.6. The average Bonchev–Trinajstić information content (AvgIpc) is 2.72. The molecule has 1 unspecified atom stereocenters. The maximum atomic E-state index is 13.6. The van der Waals surface area contributed by atoms with Crippen LogP contribution < -0.4 is 0 Å². The molecule has 0 bridgehead atoms. The van der Waals surface area contributed by atoms with E-state index in [2.05, 4.69) is 0 Å². The first-order valence-electron chi connectivity index (χ1n) is 10.5. The van der Waals surface area contributed by atoms with Crippen LogP contribution in [0.1, 0.15) is 44.9 Å². The first-order valence-corrected chi connectivity index (χ1v) is 10.5. The van der Waals surface area contributed by atoms with Gasteiger partial charge in [0.15, 0.2) is 5.72 Å². The number of aliphatic hydroxyl groups is 2. The van der Waals surface area contributed by atoms with Crippen LogP contribution in [0.25, 0.3) is 0 Å². The van der Waals surface area contributed by atoms with E-state index in [1.807, 2.05) is 6.92 Å². The van der Waals surface area contributed by atoms with Crippen LogP contribution in [0.4, 0.5) is 13.6 Å². The minimum absolute atomic E-state index is 0.190. The molecule has 2 N–H and O–H groups in total. The summed E-state index contributed by atoms with van der Waals surface area (Å²) in [5.74, 6) is -0.820. The second-order valence-electron chi connectivity index (χ2n) is 9.26. The zero-order chi connectivity index (χ0) is 23.7. The van der Waals surface area contributed by atoms with Crippen molar-refractivity contribution in [1.29, 1.82) is 0 Å². The number of carbonyl (C=O) groups excluding carboxylic acids is 1. The number of β-amino-alcohol motifs (C(OH)–C–C–N with tert-alkyl or cyclic N) is 1. The predicted molar refractivity (Wildman–Crippen MR) is 116 cm³/mol. The first kappa shape index (κ1) is 24.1. The first-order chi connectivity index (χ1) is 14.9. The molecule has 0 saturated carbocycles. The lowest BCUT2D eigenvalue weighted by Gasteiger charge is -2.52. The minimum Gasteiger partial charge on any atom is -0.444 e. The van der Waals surface area contributed by atoms with Crippen LogP contribution in [0.15, 0.2) is 48.5 Å². The van der Waals surface area contributed by atoms with Crippen molar-refractivity contribution in [1.82, 2.24) is 9.80 Å². The number of rotatable bonds is 4. The van der Waals surface area contributed by atoms with Gasteiger partial charge in [-0.3, -0.25) is 9.80 Å². The Morgan fingerprint density at radius 3 is 1.97 bits per heavy atom. The summed E-state index contributed by atoms with van der Waals surface area (Å²) < 4.78 is 32.7. The van der Waals surface area contributed by atoms with Crippen molar-refractivity contribution in [3.8, 4) is 0 Å². The fraction of sp³-hybridized carbons (Fsp3) is 0.458. The Morgan fingerprint density at radius 2 is 1.56 bits per heavy atom. The normalized spacial score (nSPS) is 22.3. The molecule has 6 nitrogen and oxygen atoms in total. The molecular weight excluding hydrogens is 418 g/mol. The van der Waals surface area contributed by atoms with Crippen LogP contribution in [-0.2, 0) is 4.74 Å². The molecule has 2 aromatic rings.